The maximum absolute atomic E-state index is 12.1. The van der Waals surface area contributed by atoms with Gasteiger partial charge in [-0.05, 0) is 37.3 Å². The Labute approximate surface area is 120 Å². The van der Waals surface area contributed by atoms with Crippen LogP contribution < -0.4 is 5.32 Å². The molecule has 2 N–H and O–H groups in total. The Hall–Kier alpha value is -1.39. The largest absolute Gasteiger partial charge is 0.394 e. The van der Waals surface area contributed by atoms with E-state index in [0.29, 0.717) is 32.5 Å². The highest BCUT2D eigenvalue weighted by Crippen LogP contribution is 2.20. The molecule has 1 heterocycles. The van der Waals surface area contributed by atoms with Gasteiger partial charge in [0.1, 0.15) is 0 Å². The summed E-state index contributed by atoms with van der Waals surface area (Å²) >= 11 is 0. The van der Waals surface area contributed by atoms with Crippen LogP contribution in [0.2, 0.25) is 0 Å². The summed E-state index contributed by atoms with van der Waals surface area (Å²) in [6, 6.07) is 8.11. The highest BCUT2D eigenvalue weighted by atomic mass is 16.5. The maximum Gasteiger partial charge on any atom is 0.220 e. The number of carbonyl (C=O) groups is 1. The van der Waals surface area contributed by atoms with E-state index in [-0.39, 0.29) is 12.5 Å². The van der Waals surface area contributed by atoms with E-state index >= 15 is 0 Å². The van der Waals surface area contributed by atoms with Crippen molar-refractivity contribution in [2.75, 3.05) is 19.8 Å². The van der Waals surface area contributed by atoms with Crippen LogP contribution in [0.4, 0.5) is 0 Å². The summed E-state index contributed by atoms with van der Waals surface area (Å²) in [6.45, 7) is 3.23. The first kappa shape index (κ1) is 15.0. The average Bonchev–Trinajstić information content (AvgIpc) is 2.47. The fraction of sp³-hybridized carbons (Fsp3) is 0.562. The van der Waals surface area contributed by atoms with Gasteiger partial charge in [0.2, 0.25) is 5.91 Å². The number of rotatable bonds is 5. The Morgan fingerprint density at radius 1 is 1.35 bits per heavy atom. The van der Waals surface area contributed by atoms with Gasteiger partial charge in [-0.15, -0.1) is 0 Å². The fourth-order valence-electron chi connectivity index (χ4n) is 2.58. The van der Waals surface area contributed by atoms with Crippen LogP contribution in [0.25, 0.3) is 0 Å². The highest BCUT2D eigenvalue weighted by molar-refractivity contribution is 5.77. The lowest BCUT2D eigenvalue weighted by Gasteiger charge is -2.36. The number of nitrogens with one attached hydrogen (secondary N) is 1. The molecule has 0 radical (unpaired) electrons. The van der Waals surface area contributed by atoms with E-state index in [2.05, 4.69) is 24.4 Å². The van der Waals surface area contributed by atoms with Crippen molar-refractivity contribution in [2.45, 2.75) is 38.1 Å². The van der Waals surface area contributed by atoms with Gasteiger partial charge in [0.15, 0.2) is 0 Å². The Bertz CT molecular complexity index is 453. The molecule has 4 nitrogen and oxygen atoms in total. The lowest BCUT2D eigenvalue weighted by Crippen LogP contribution is -2.54. The molecule has 0 aliphatic carbocycles. The second kappa shape index (κ2) is 6.86. The Morgan fingerprint density at radius 2 is 2.05 bits per heavy atom. The zero-order valence-electron chi connectivity index (χ0n) is 12.0. The third-order valence-electron chi connectivity index (χ3n) is 4.04. The number of hydrogen-bond acceptors (Lipinski definition) is 3. The zero-order valence-corrected chi connectivity index (χ0v) is 12.0. The Balaban J connectivity index is 1.87. The molecule has 4 heteroatoms. The van der Waals surface area contributed by atoms with Gasteiger partial charge >= 0.3 is 0 Å². The first-order valence-electron chi connectivity index (χ1n) is 7.19. The van der Waals surface area contributed by atoms with Crippen molar-refractivity contribution in [1.29, 1.82) is 0 Å². The quantitative estimate of drug-likeness (QED) is 0.859. The minimum atomic E-state index is -0.485. The van der Waals surface area contributed by atoms with Gasteiger partial charge in [0.25, 0.3) is 0 Å². The third kappa shape index (κ3) is 3.81. The molecular formula is C16H23NO3. The van der Waals surface area contributed by atoms with Crippen molar-refractivity contribution in [3.63, 3.8) is 0 Å². The number of aliphatic hydroxyl groups is 1. The lowest BCUT2D eigenvalue weighted by atomic mass is 9.90. The average molecular weight is 277 g/mol. The monoisotopic (exact) mass is 277 g/mol. The normalized spacial score (nSPS) is 17.7. The molecule has 1 aliphatic rings. The van der Waals surface area contributed by atoms with Crippen LogP contribution in [-0.2, 0) is 16.0 Å². The molecule has 0 saturated carbocycles. The van der Waals surface area contributed by atoms with Crippen molar-refractivity contribution >= 4 is 5.91 Å². The fourth-order valence-corrected chi connectivity index (χ4v) is 2.58. The van der Waals surface area contributed by atoms with Crippen LogP contribution in [0.1, 0.15) is 30.4 Å². The van der Waals surface area contributed by atoms with Crippen LogP contribution in [0.3, 0.4) is 0 Å². The second-order valence-corrected chi connectivity index (χ2v) is 5.53. The summed E-state index contributed by atoms with van der Waals surface area (Å²) in [7, 11) is 0. The predicted molar refractivity (Wildman–Crippen MR) is 77.5 cm³/mol. The smallest absolute Gasteiger partial charge is 0.220 e. The van der Waals surface area contributed by atoms with Crippen LogP contribution in [0, 0.1) is 6.92 Å². The van der Waals surface area contributed by atoms with Gasteiger partial charge < -0.3 is 15.2 Å². The number of aryl methyl sites for hydroxylation is 2. The van der Waals surface area contributed by atoms with Gasteiger partial charge in [0.05, 0.1) is 12.1 Å². The number of benzene rings is 1. The molecule has 1 saturated heterocycles. The molecule has 110 valence electrons. The molecule has 0 bridgehead atoms. The standard InChI is InChI=1S/C16H23NO3/c1-13-4-2-3-5-14(13)6-7-15(19)17-16(12-18)8-10-20-11-9-16/h2-5,18H,6-12H2,1H3,(H,17,19). The van der Waals surface area contributed by atoms with Gasteiger partial charge in [-0.25, -0.2) is 0 Å². The topological polar surface area (TPSA) is 58.6 Å². The van der Waals surface area contributed by atoms with E-state index in [1.165, 1.54) is 11.1 Å². The predicted octanol–water partition coefficient (Wildman–Crippen LogP) is 1.59. The van der Waals surface area contributed by atoms with Gasteiger partial charge in [0, 0.05) is 19.6 Å². The summed E-state index contributed by atoms with van der Waals surface area (Å²) in [5.74, 6) is 0.00389. The summed E-state index contributed by atoms with van der Waals surface area (Å²) in [5.41, 5.74) is 1.93. The van der Waals surface area contributed by atoms with Gasteiger partial charge in [-0.2, -0.15) is 0 Å². The first-order valence-corrected chi connectivity index (χ1v) is 7.19. The number of ether oxygens (including phenoxy) is 1. The minimum Gasteiger partial charge on any atom is -0.394 e. The molecule has 1 fully saturated rings. The van der Waals surface area contributed by atoms with Gasteiger partial charge in [-0.3, -0.25) is 4.79 Å². The molecule has 20 heavy (non-hydrogen) atoms. The van der Waals surface area contributed by atoms with Crippen molar-refractivity contribution in [3.05, 3.63) is 35.4 Å². The van der Waals surface area contributed by atoms with Crippen molar-refractivity contribution in [2.24, 2.45) is 0 Å². The molecule has 1 amide bonds. The van der Waals surface area contributed by atoms with Crippen molar-refractivity contribution in [1.82, 2.24) is 5.32 Å². The molecule has 1 aliphatic heterocycles. The lowest BCUT2D eigenvalue weighted by molar-refractivity contribution is -0.125. The molecular weight excluding hydrogens is 254 g/mol. The van der Waals surface area contributed by atoms with E-state index in [1.807, 2.05) is 12.1 Å². The molecule has 1 aromatic rings. The van der Waals surface area contributed by atoms with Crippen LogP contribution in [0.15, 0.2) is 24.3 Å². The maximum atomic E-state index is 12.1. The third-order valence-corrected chi connectivity index (χ3v) is 4.04. The van der Waals surface area contributed by atoms with E-state index < -0.39 is 5.54 Å². The SMILES string of the molecule is Cc1ccccc1CCC(=O)NC1(CO)CCOCC1. The molecule has 0 atom stereocenters. The molecule has 2 rings (SSSR count). The summed E-state index contributed by atoms with van der Waals surface area (Å²) in [6.07, 6.45) is 2.54. The zero-order chi connectivity index (χ0) is 14.4. The van der Waals surface area contributed by atoms with Crippen LogP contribution >= 0.6 is 0 Å². The molecule has 1 aromatic carbocycles. The van der Waals surface area contributed by atoms with E-state index in [4.69, 9.17) is 4.74 Å². The number of aliphatic hydroxyl groups excluding tert-OH is 1. The van der Waals surface area contributed by atoms with Crippen molar-refractivity contribution < 1.29 is 14.6 Å². The van der Waals surface area contributed by atoms with Crippen LogP contribution in [-0.4, -0.2) is 36.4 Å². The number of hydrogen-bond donors (Lipinski definition) is 2. The number of carbonyl (C=O) groups excluding carboxylic acids is 1. The van der Waals surface area contributed by atoms with E-state index in [0.717, 1.165) is 6.42 Å². The first-order chi connectivity index (χ1) is 9.65. The summed E-state index contributed by atoms with van der Waals surface area (Å²) in [5, 5.41) is 12.6. The second-order valence-electron chi connectivity index (χ2n) is 5.53. The van der Waals surface area contributed by atoms with E-state index in [1.54, 1.807) is 0 Å². The molecule has 0 aromatic heterocycles. The van der Waals surface area contributed by atoms with Crippen molar-refractivity contribution in [3.8, 4) is 0 Å². The Kier molecular flexibility index (Phi) is 5.15. The molecule has 0 unspecified atom stereocenters. The van der Waals surface area contributed by atoms with Gasteiger partial charge in [-0.1, -0.05) is 24.3 Å². The number of amides is 1. The molecule has 0 spiro atoms. The van der Waals surface area contributed by atoms with Crippen LogP contribution in [0.5, 0.6) is 0 Å². The van der Waals surface area contributed by atoms with E-state index in [9.17, 15) is 9.90 Å². The Morgan fingerprint density at radius 3 is 2.70 bits per heavy atom. The minimum absolute atomic E-state index is 0.00389. The summed E-state index contributed by atoms with van der Waals surface area (Å²) < 4.78 is 5.29. The highest BCUT2D eigenvalue weighted by Gasteiger charge is 2.33. The summed E-state index contributed by atoms with van der Waals surface area (Å²) in [4.78, 5) is 12.1.